The van der Waals surface area contributed by atoms with Crippen molar-refractivity contribution in [3.05, 3.63) is 70.9 Å². The molecule has 3 nitrogen and oxygen atoms in total. The summed E-state index contributed by atoms with van der Waals surface area (Å²) in [7, 11) is 1.58. The molecule has 5 heteroatoms. The summed E-state index contributed by atoms with van der Waals surface area (Å²) in [6, 6.07) is 16.2. The van der Waals surface area contributed by atoms with Crippen LogP contribution in [0.4, 0.5) is 10.1 Å². The molecule has 124 valence electrons. The molecule has 2 aromatic carbocycles. The summed E-state index contributed by atoms with van der Waals surface area (Å²) >= 11 is 1.33. The fourth-order valence-electron chi connectivity index (χ4n) is 2.86. The van der Waals surface area contributed by atoms with Crippen LogP contribution in [0.1, 0.15) is 15.2 Å². The molecule has 25 heavy (non-hydrogen) atoms. The van der Waals surface area contributed by atoms with E-state index in [9.17, 15) is 9.18 Å². The number of rotatable bonds is 2. The zero-order chi connectivity index (χ0) is 17.6. The number of para-hydroxylation sites is 1. The molecule has 4 aromatic rings. The molecule has 0 aliphatic rings. The predicted octanol–water partition coefficient (Wildman–Crippen LogP) is 5.17. The summed E-state index contributed by atoms with van der Waals surface area (Å²) < 4.78 is 13.9. The average molecular weight is 350 g/mol. The molecule has 0 aliphatic carbocycles. The zero-order valence-electron chi connectivity index (χ0n) is 13.8. The van der Waals surface area contributed by atoms with Crippen molar-refractivity contribution in [2.45, 2.75) is 6.92 Å². The van der Waals surface area contributed by atoms with Crippen molar-refractivity contribution in [2.24, 2.45) is 0 Å². The van der Waals surface area contributed by atoms with E-state index in [1.807, 2.05) is 31.2 Å². The first kappa shape index (κ1) is 15.7. The smallest absolute Gasteiger partial charge is 0.268 e. The Hall–Kier alpha value is -2.79. The van der Waals surface area contributed by atoms with Crippen molar-refractivity contribution >= 4 is 44.1 Å². The fraction of sp³-hybridized carbons (Fsp3) is 0.100. The second-order valence-electron chi connectivity index (χ2n) is 6.01. The number of hydrogen-bond acceptors (Lipinski definition) is 3. The van der Waals surface area contributed by atoms with Gasteiger partial charge in [0.15, 0.2) is 0 Å². The quantitative estimate of drug-likeness (QED) is 0.499. The van der Waals surface area contributed by atoms with Gasteiger partial charge in [-0.25, -0.2) is 9.37 Å². The molecule has 1 amide bonds. The number of nitrogens with zero attached hydrogens (tertiary/aromatic N) is 2. The first-order valence-electron chi connectivity index (χ1n) is 7.86. The molecule has 0 saturated heterocycles. The van der Waals surface area contributed by atoms with E-state index in [2.05, 4.69) is 11.1 Å². The number of hydrogen-bond donors (Lipinski definition) is 0. The highest BCUT2D eigenvalue weighted by atomic mass is 32.1. The van der Waals surface area contributed by atoms with Gasteiger partial charge < -0.3 is 4.90 Å². The van der Waals surface area contributed by atoms with Crippen molar-refractivity contribution in [3.63, 3.8) is 0 Å². The molecule has 0 N–H and O–H groups in total. The lowest BCUT2D eigenvalue weighted by atomic mass is 10.1. The van der Waals surface area contributed by atoms with Gasteiger partial charge >= 0.3 is 0 Å². The van der Waals surface area contributed by atoms with E-state index >= 15 is 0 Å². The Kier molecular flexibility index (Phi) is 3.73. The van der Waals surface area contributed by atoms with Crippen LogP contribution in [0.15, 0.2) is 54.6 Å². The Morgan fingerprint density at radius 1 is 1.08 bits per heavy atom. The largest absolute Gasteiger partial charge is 0.308 e. The first-order chi connectivity index (χ1) is 12.0. The van der Waals surface area contributed by atoms with Crippen molar-refractivity contribution in [1.82, 2.24) is 4.98 Å². The van der Waals surface area contributed by atoms with Gasteiger partial charge in [0, 0.05) is 17.8 Å². The lowest BCUT2D eigenvalue weighted by Crippen LogP contribution is -2.26. The van der Waals surface area contributed by atoms with Crippen LogP contribution in [0.25, 0.3) is 21.1 Å². The number of aromatic nitrogens is 1. The zero-order valence-corrected chi connectivity index (χ0v) is 14.6. The Morgan fingerprint density at radius 3 is 2.68 bits per heavy atom. The topological polar surface area (TPSA) is 33.2 Å². The molecule has 0 spiro atoms. The van der Waals surface area contributed by atoms with Gasteiger partial charge in [-0.2, -0.15) is 0 Å². The standard InChI is InChI=1S/C20H15FN2OS/c1-12-7-8-16-13(9-12)10-14-11-18(25-19(14)22-16)20(24)23(2)17-6-4-3-5-15(17)21/h3-11H,1-2H3. The van der Waals surface area contributed by atoms with Crippen molar-refractivity contribution in [2.75, 3.05) is 11.9 Å². The molecule has 0 unspecified atom stereocenters. The number of carbonyl (C=O) groups is 1. The Labute approximate surface area is 148 Å². The summed E-state index contributed by atoms with van der Waals surface area (Å²) in [5.74, 6) is -0.660. The van der Waals surface area contributed by atoms with Crippen LogP contribution in [-0.4, -0.2) is 17.9 Å². The van der Waals surface area contributed by atoms with Gasteiger partial charge in [0.25, 0.3) is 5.91 Å². The second kappa shape index (κ2) is 5.93. The number of aryl methyl sites for hydroxylation is 1. The first-order valence-corrected chi connectivity index (χ1v) is 8.68. The van der Waals surface area contributed by atoms with E-state index in [1.54, 1.807) is 25.2 Å². The number of amides is 1. The molecule has 2 aromatic heterocycles. The average Bonchev–Trinajstić information content (AvgIpc) is 3.01. The van der Waals surface area contributed by atoms with Crippen molar-refractivity contribution < 1.29 is 9.18 Å². The van der Waals surface area contributed by atoms with Crippen LogP contribution in [-0.2, 0) is 0 Å². The minimum absolute atomic E-state index is 0.242. The molecule has 0 bridgehead atoms. The van der Waals surface area contributed by atoms with Gasteiger partial charge in [0.2, 0.25) is 0 Å². The van der Waals surface area contributed by atoms with Crippen LogP contribution < -0.4 is 4.90 Å². The number of pyridine rings is 1. The number of halogens is 1. The van der Waals surface area contributed by atoms with E-state index in [4.69, 9.17) is 0 Å². The number of thiophene rings is 1. The van der Waals surface area contributed by atoms with Gasteiger partial charge in [-0.05, 0) is 43.3 Å². The van der Waals surface area contributed by atoms with Gasteiger partial charge in [-0.15, -0.1) is 11.3 Å². The molecule has 0 fully saturated rings. The number of anilines is 1. The minimum Gasteiger partial charge on any atom is -0.308 e. The lowest BCUT2D eigenvalue weighted by Gasteiger charge is -2.16. The van der Waals surface area contributed by atoms with E-state index in [-0.39, 0.29) is 11.6 Å². The molecule has 2 heterocycles. The minimum atomic E-state index is -0.418. The number of benzene rings is 2. The van der Waals surface area contributed by atoms with E-state index in [1.165, 1.54) is 27.9 Å². The molecular formula is C20H15FN2OS. The Balaban J connectivity index is 1.77. The molecule has 0 atom stereocenters. The van der Waals surface area contributed by atoms with Crippen LogP contribution in [0.3, 0.4) is 0 Å². The summed E-state index contributed by atoms with van der Waals surface area (Å²) in [6.45, 7) is 2.04. The van der Waals surface area contributed by atoms with Crippen LogP contribution in [0.2, 0.25) is 0 Å². The Morgan fingerprint density at radius 2 is 1.88 bits per heavy atom. The summed E-state index contributed by atoms with van der Waals surface area (Å²) in [6.07, 6.45) is 0. The van der Waals surface area contributed by atoms with Gasteiger partial charge in [-0.1, -0.05) is 23.8 Å². The maximum Gasteiger partial charge on any atom is 0.268 e. The fourth-order valence-corrected chi connectivity index (χ4v) is 3.86. The highest BCUT2D eigenvalue weighted by Gasteiger charge is 2.19. The van der Waals surface area contributed by atoms with Crippen molar-refractivity contribution in [1.29, 1.82) is 0 Å². The van der Waals surface area contributed by atoms with Gasteiger partial charge in [-0.3, -0.25) is 4.79 Å². The van der Waals surface area contributed by atoms with Gasteiger partial charge in [0.05, 0.1) is 16.1 Å². The van der Waals surface area contributed by atoms with E-state index in [0.29, 0.717) is 4.88 Å². The molecule has 0 radical (unpaired) electrons. The van der Waals surface area contributed by atoms with Crippen LogP contribution in [0.5, 0.6) is 0 Å². The third-order valence-electron chi connectivity index (χ3n) is 4.19. The third-order valence-corrected chi connectivity index (χ3v) is 5.22. The SMILES string of the molecule is Cc1ccc2nc3sc(C(=O)N(C)c4ccccc4F)cc3cc2c1. The monoisotopic (exact) mass is 350 g/mol. The molecule has 0 aliphatic heterocycles. The third kappa shape index (κ3) is 2.76. The molecule has 4 rings (SSSR count). The maximum atomic E-state index is 13.9. The number of carbonyl (C=O) groups excluding carboxylic acids is 1. The Bertz CT molecular complexity index is 1120. The van der Waals surface area contributed by atoms with Crippen LogP contribution >= 0.6 is 11.3 Å². The summed E-state index contributed by atoms with van der Waals surface area (Å²) in [5, 5.41) is 1.97. The predicted molar refractivity (Wildman–Crippen MR) is 101 cm³/mol. The maximum absolute atomic E-state index is 13.9. The van der Waals surface area contributed by atoms with E-state index < -0.39 is 5.82 Å². The van der Waals surface area contributed by atoms with E-state index in [0.717, 1.165) is 21.1 Å². The highest BCUT2D eigenvalue weighted by Crippen LogP contribution is 2.30. The van der Waals surface area contributed by atoms with Crippen LogP contribution in [0, 0.1) is 12.7 Å². The number of fused-ring (bicyclic) bond motifs is 2. The summed E-state index contributed by atoms with van der Waals surface area (Å²) in [4.78, 5) is 20.1. The van der Waals surface area contributed by atoms with Gasteiger partial charge in [0.1, 0.15) is 10.6 Å². The normalized spacial score (nSPS) is 11.2. The molecular weight excluding hydrogens is 335 g/mol. The second-order valence-corrected chi connectivity index (χ2v) is 7.04. The highest BCUT2D eigenvalue weighted by molar-refractivity contribution is 7.20. The summed E-state index contributed by atoms with van der Waals surface area (Å²) in [5.41, 5.74) is 2.33. The molecule has 0 saturated carbocycles. The lowest BCUT2D eigenvalue weighted by molar-refractivity contribution is 0.0996. The van der Waals surface area contributed by atoms with Crippen molar-refractivity contribution in [3.8, 4) is 0 Å².